The van der Waals surface area contributed by atoms with Gasteiger partial charge in [0.1, 0.15) is 10.6 Å². The molecule has 0 saturated carbocycles. The monoisotopic (exact) mass is 305 g/mol. The average molecular weight is 305 g/mol. The minimum absolute atomic E-state index is 0.265. The maximum atomic E-state index is 8.83. The average Bonchev–Trinajstić information content (AvgIpc) is 2.89. The number of anilines is 2. The molecule has 0 amide bonds. The Balaban J connectivity index is 2.44. The second-order valence-electron chi connectivity index (χ2n) is 4.58. The van der Waals surface area contributed by atoms with Crippen molar-refractivity contribution in [2.75, 3.05) is 37.4 Å². The Hall–Kier alpha value is -1.91. The molecule has 0 unspecified atom stereocenters. The third-order valence-corrected chi connectivity index (χ3v) is 4.32. The van der Waals surface area contributed by atoms with E-state index in [1.807, 2.05) is 4.90 Å². The SMILES string of the molecule is CCc1cc2c(N(CCC#N)CCOC)nc(N)nc2s1. The number of fused-ring (bicyclic) bond motifs is 1. The summed E-state index contributed by atoms with van der Waals surface area (Å²) in [6.45, 7) is 3.95. The summed E-state index contributed by atoms with van der Waals surface area (Å²) < 4.78 is 5.15. The number of nitriles is 1. The van der Waals surface area contributed by atoms with Crippen LogP contribution in [0.4, 0.5) is 11.8 Å². The summed E-state index contributed by atoms with van der Waals surface area (Å²) in [4.78, 5) is 12.9. The molecule has 21 heavy (non-hydrogen) atoms. The summed E-state index contributed by atoms with van der Waals surface area (Å²) >= 11 is 1.64. The second kappa shape index (κ2) is 7.20. The lowest BCUT2D eigenvalue weighted by Gasteiger charge is -2.23. The number of ether oxygens (including phenoxy) is 1. The van der Waals surface area contributed by atoms with Gasteiger partial charge < -0.3 is 15.4 Å². The summed E-state index contributed by atoms with van der Waals surface area (Å²) in [5, 5.41) is 9.83. The Morgan fingerprint density at radius 1 is 1.43 bits per heavy atom. The van der Waals surface area contributed by atoms with E-state index in [1.165, 1.54) is 4.88 Å². The van der Waals surface area contributed by atoms with Crippen LogP contribution in [-0.2, 0) is 11.2 Å². The van der Waals surface area contributed by atoms with Crippen molar-refractivity contribution in [3.63, 3.8) is 0 Å². The van der Waals surface area contributed by atoms with Crippen LogP contribution in [0.25, 0.3) is 10.2 Å². The maximum Gasteiger partial charge on any atom is 0.223 e. The first kappa shape index (κ1) is 15.5. The van der Waals surface area contributed by atoms with Crippen LogP contribution in [0.2, 0.25) is 0 Å². The van der Waals surface area contributed by atoms with E-state index in [-0.39, 0.29) is 5.95 Å². The number of methoxy groups -OCH3 is 1. The molecule has 0 aliphatic heterocycles. The van der Waals surface area contributed by atoms with E-state index >= 15 is 0 Å². The zero-order valence-corrected chi connectivity index (χ0v) is 13.1. The molecule has 6 nitrogen and oxygen atoms in total. The number of hydrogen-bond acceptors (Lipinski definition) is 7. The zero-order valence-electron chi connectivity index (χ0n) is 12.3. The van der Waals surface area contributed by atoms with Crippen molar-refractivity contribution in [2.24, 2.45) is 0 Å². The highest BCUT2D eigenvalue weighted by Gasteiger charge is 2.16. The van der Waals surface area contributed by atoms with Gasteiger partial charge in [0.05, 0.1) is 24.5 Å². The molecule has 0 saturated heterocycles. The standard InChI is InChI=1S/C14H19N5OS/c1-3-10-9-11-12(17-14(16)18-13(11)21-10)19(6-4-5-15)7-8-20-2/h9H,3-4,6-8H2,1-2H3,(H2,16,17,18). The summed E-state index contributed by atoms with van der Waals surface area (Å²) in [6.07, 6.45) is 1.39. The van der Waals surface area contributed by atoms with Gasteiger partial charge >= 0.3 is 0 Å². The Kier molecular flexibility index (Phi) is 5.31. The summed E-state index contributed by atoms with van der Waals surface area (Å²) in [5.41, 5.74) is 5.83. The Morgan fingerprint density at radius 3 is 2.90 bits per heavy atom. The molecular weight excluding hydrogens is 286 g/mol. The number of nitrogens with two attached hydrogens (primary N) is 1. The summed E-state index contributed by atoms with van der Waals surface area (Å²) in [7, 11) is 1.66. The van der Waals surface area contributed by atoms with Crippen LogP contribution in [-0.4, -0.2) is 36.8 Å². The van der Waals surface area contributed by atoms with Crippen LogP contribution >= 0.6 is 11.3 Å². The molecule has 0 radical (unpaired) electrons. The molecule has 2 heterocycles. The van der Waals surface area contributed by atoms with Gasteiger partial charge in [-0.1, -0.05) is 6.92 Å². The van der Waals surface area contributed by atoms with Crippen molar-refractivity contribution < 1.29 is 4.74 Å². The number of aromatic nitrogens is 2. The topological polar surface area (TPSA) is 88.1 Å². The van der Waals surface area contributed by atoms with E-state index in [1.54, 1.807) is 18.4 Å². The zero-order chi connectivity index (χ0) is 15.2. The molecule has 0 atom stereocenters. The minimum atomic E-state index is 0.265. The lowest BCUT2D eigenvalue weighted by Crippen LogP contribution is -2.29. The molecule has 2 rings (SSSR count). The highest BCUT2D eigenvalue weighted by Crippen LogP contribution is 2.31. The predicted octanol–water partition coefficient (Wildman–Crippen LogP) is 2.20. The van der Waals surface area contributed by atoms with Gasteiger partial charge in [0, 0.05) is 25.1 Å². The molecule has 2 aromatic heterocycles. The molecule has 7 heteroatoms. The quantitative estimate of drug-likeness (QED) is 0.843. The van der Waals surface area contributed by atoms with Crippen LogP contribution in [0, 0.1) is 11.3 Å². The number of aryl methyl sites for hydroxylation is 1. The van der Waals surface area contributed by atoms with Crippen LogP contribution < -0.4 is 10.6 Å². The minimum Gasteiger partial charge on any atom is -0.383 e. The van der Waals surface area contributed by atoms with Gasteiger partial charge in [0.15, 0.2) is 0 Å². The normalized spacial score (nSPS) is 10.7. The van der Waals surface area contributed by atoms with Gasteiger partial charge in [-0.05, 0) is 12.5 Å². The fourth-order valence-electron chi connectivity index (χ4n) is 2.10. The van der Waals surface area contributed by atoms with Gasteiger partial charge in [-0.2, -0.15) is 10.2 Å². The smallest absolute Gasteiger partial charge is 0.223 e. The van der Waals surface area contributed by atoms with E-state index < -0.39 is 0 Å². The number of hydrogen-bond donors (Lipinski definition) is 1. The van der Waals surface area contributed by atoms with Gasteiger partial charge in [-0.15, -0.1) is 11.3 Å². The van der Waals surface area contributed by atoms with Crippen molar-refractivity contribution in [3.8, 4) is 6.07 Å². The highest BCUT2D eigenvalue weighted by atomic mass is 32.1. The first-order valence-corrected chi connectivity index (χ1v) is 7.68. The fourth-order valence-corrected chi connectivity index (χ4v) is 3.07. The largest absolute Gasteiger partial charge is 0.383 e. The fraction of sp³-hybridized carbons (Fsp3) is 0.500. The first-order valence-electron chi connectivity index (χ1n) is 6.86. The van der Waals surface area contributed by atoms with Crippen molar-refractivity contribution in [3.05, 3.63) is 10.9 Å². The molecule has 112 valence electrons. The van der Waals surface area contributed by atoms with Crippen molar-refractivity contribution >= 4 is 33.3 Å². The molecule has 2 N–H and O–H groups in total. The molecule has 0 aliphatic rings. The van der Waals surface area contributed by atoms with Gasteiger partial charge in [0.2, 0.25) is 5.95 Å². The van der Waals surface area contributed by atoms with Crippen molar-refractivity contribution in [2.45, 2.75) is 19.8 Å². The number of rotatable bonds is 7. The third kappa shape index (κ3) is 3.60. The number of thiophene rings is 1. The van der Waals surface area contributed by atoms with Gasteiger partial charge in [-0.25, -0.2) is 4.98 Å². The van der Waals surface area contributed by atoms with E-state index in [0.29, 0.717) is 26.1 Å². The number of nitrogens with zero attached hydrogens (tertiary/aromatic N) is 4. The second-order valence-corrected chi connectivity index (χ2v) is 5.69. The van der Waals surface area contributed by atoms with Crippen molar-refractivity contribution in [1.29, 1.82) is 5.26 Å². The third-order valence-electron chi connectivity index (χ3n) is 3.15. The van der Waals surface area contributed by atoms with E-state index in [9.17, 15) is 0 Å². The van der Waals surface area contributed by atoms with E-state index in [0.717, 1.165) is 22.5 Å². The maximum absolute atomic E-state index is 8.83. The molecular formula is C14H19N5OS. The molecule has 0 fully saturated rings. The highest BCUT2D eigenvalue weighted by molar-refractivity contribution is 7.18. The Labute approximate surface area is 128 Å². The van der Waals surface area contributed by atoms with Crippen molar-refractivity contribution in [1.82, 2.24) is 9.97 Å². The lowest BCUT2D eigenvalue weighted by atomic mass is 10.2. The molecule has 2 aromatic rings. The lowest BCUT2D eigenvalue weighted by molar-refractivity contribution is 0.205. The molecule has 0 bridgehead atoms. The van der Waals surface area contributed by atoms with E-state index in [2.05, 4.69) is 29.0 Å². The van der Waals surface area contributed by atoms with Crippen LogP contribution in [0.3, 0.4) is 0 Å². The summed E-state index contributed by atoms with van der Waals surface area (Å²) in [5.74, 6) is 1.06. The predicted molar refractivity (Wildman–Crippen MR) is 85.5 cm³/mol. The molecule has 0 aliphatic carbocycles. The number of nitrogen functional groups attached to an aromatic ring is 1. The first-order chi connectivity index (χ1) is 10.2. The molecule has 0 spiro atoms. The van der Waals surface area contributed by atoms with Gasteiger partial charge in [-0.3, -0.25) is 0 Å². The summed E-state index contributed by atoms with van der Waals surface area (Å²) in [6, 6.07) is 4.28. The van der Waals surface area contributed by atoms with Gasteiger partial charge in [0.25, 0.3) is 0 Å². The van der Waals surface area contributed by atoms with Crippen LogP contribution in [0.15, 0.2) is 6.07 Å². The van der Waals surface area contributed by atoms with Crippen LogP contribution in [0.5, 0.6) is 0 Å². The molecule has 0 aromatic carbocycles. The Bertz CT molecular complexity index is 649. The van der Waals surface area contributed by atoms with E-state index in [4.69, 9.17) is 15.7 Å². The van der Waals surface area contributed by atoms with Crippen LogP contribution in [0.1, 0.15) is 18.2 Å². The Morgan fingerprint density at radius 2 is 2.24 bits per heavy atom.